The number of imidazole rings is 1. The van der Waals surface area contributed by atoms with Crippen molar-refractivity contribution in [2.24, 2.45) is 0 Å². The second-order valence-electron chi connectivity index (χ2n) is 5.22. The van der Waals surface area contributed by atoms with Crippen molar-refractivity contribution in [2.75, 3.05) is 0 Å². The zero-order chi connectivity index (χ0) is 15.1. The van der Waals surface area contributed by atoms with Gasteiger partial charge >= 0.3 is 0 Å². The predicted molar refractivity (Wildman–Crippen MR) is 83.8 cm³/mol. The van der Waals surface area contributed by atoms with Gasteiger partial charge in [0, 0.05) is 16.5 Å². The number of aromatic nitrogens is 4. The SMILES string of the molecule is Cc1nc(-c2ccc(F)cc2)c(-c2ccc3cn[nH]c3c2)[nH]1. The van der Waals surface area contributed by atoms with Gasteiger partial charge in [0.05, 0.1) is 23.1 Å². The smallest absolute Gasteiger partial charge is 0.123 e. The maximum absolute atomic E-state index is 13.1. The van der Waals surface area contributed by atoms with E-state index in [1.54, 1.807) is 18.3 Å². The topological polar surface area (TPSA) is 57.4 Å². The minimum Gasteiger partial charge on any atom is -0.342 e. The number of halogens is 1. The number of rotatable bonds is 2. The molecule has 0 fully saturated rings. The second kappa shape index (κ2) is 4.80. The van der Waals surface area contributed by atoms with E-state index in [1.807, 2.05) is 25.1 Å². The van der Waals surface area contributed by atoms with Gasteiger partial charge in [0.25, 0.3) is 0 Å². The molecule has 0 bridgehead atoms. The van der Waals surface area contributed by atoms with Gasteiger partial charge < -0.3 is 4.98 Å². The fourth-order valence-corrected chi connectivity index (χ4v) is 2.61. The number of aryl methyl sites for hydroxylation is 1. The van der Waals surface area contributed by atoms with Crippen LogP contribution in [0.25, 0.3) is 33.4 Å². The minimum atomic E-state index is -0.253. The van der Waals surface area contributed by atoms with Crippen molar-refractivity contribution in [3.05, 3.63) is 60.3 Å². The first-order valence-electron chi connectivity index (χ1n) is 6.97. The van der Waals surface area contributed by atoms with Crippen LogP contribution < -0.4 is 0 Å². The molecule has 2 aromatic carbocycles. The average molecular weight is 292 g/mol. The molecule has 2 heterocycles. The van der Waals surface area contributed by atoms with E-state index >= 15 is 0 Å². The van der Waals surface area contributed by atoms with Gasteiger partial charge in [0.2, 0.25) is 0 Å². The normalized spacial score (nSPS) is 11.2. The molecule has 0 spiro atoms. The molecule has 5 heteroatoms. The number of hydrogen-bond donors (Lipinski definition) is 2. The fourth-order valence-electron chi connectivity index (χ4n) is 2.61. The Morgan fingerprint density at radius 2 is 1.77 bits per heavy atom. The van der Waals surface area contributed by atoms with Crippen LogP contribution in [0.5, 0.6) is 0 Å². The molecule has 2 aromatic heterocycles. The van der Waals surface area contributed by atoms with Crippen molar-refractivity contribution in [1.82, 2.24) is 20.2 Å². The van der Waals surface area contributed by atoms with E-state index < -0.39 is 0 Å². The van der Waals surface area contributed by atoms with Crippen molar-refractivity contribution in [2.45, 2.75) is 6.92 Å². The summed E-state index contributed by atoms with van der Waals surface area (Å²) in [6.45, 7) is 1.91. The second-order valence-corrected chi connectivity index (χ2v) is 5.22. The van der Waals surface area contributed by atoms with Gasteiger partial charge in [0.1, 0.15) is 11.6 Å². The zero-order valence-electron chi connectivity index (χ0n) is 11.9. The molecule has 0 radical (unpaired) electrons. The Hall–Kier alpha value is -2.95. The van der Waals surface area contributed by atoms with E-state index in [4.69, 9.17) is 0 Å². The van der Waals surface area contributed by atoms with Crippen molar-refractivity contribution < 1.29 is 4.39 Å². The Kier molecular flexibility index (Phi) is 2.79. The van der Waals surface area contributed by atoms with Crippen LogP contribution in [0, 0.1) is 12.7 Å². The largest absolute Gasteiger partial charge is 0.342 e. The number of H-pyrrole nitrogens is 2. The molecular weight excluding hydrogens is 279 g/mol. The lowest BCUT2D eigenvalue weighted by molar-refractivity contribution is 0.628. The lowest BCUT2D eigenvalue weighted by Crippen LogP contribution is -1.85. The molecule has 108 valence electrons. The molecular formula is C17H13FN4. The highest BCUT2D eigenvalue weighted by molar-refractivity contribution is 5.86. The Labute approximate surface area is 126 Å². The van der Waals surface area contributed by atoms with Crippen LogP contribution >= 0.6 is 0 Å². The van der Waals surface area contributed by atoms with Crippen molar-refractivity contribution in [3.8, 4) is 22.5 Å². The summed E-state index contributed by atoms with van der Waals surface area (Å²) in [4.78, 5) is 7.84. The van der Waals surface area contributed by atoms with Crippen LogP contribution in [0.4, 0.5) is 4.39 Å². The number of hydrogen-bond acceptors (Lipinski definition) is 2. The van der Waals surface area contributed by atoms with E-state index in [2.05, 4.69) is 20.2 Å². The molecule has 0 unspecified atom stereocenters. The summed E-state index contributed by atoms with van der Waals surface area (Å²) in [5.74, 6) is 0.565. The molecule has 0 saturated heterocycles. The van der Waals surface area contributed by atoms with Crippen molar-refractivity contribution >= 4 is 10.9 Å². The molecule has 0 aliphatic rings. The summed E-state index contributed by atoms with van der Waals surface area (Å²) in [5.41, 5.74) is 4.59. The van der Waals surface area contributed by atoms with Gasteiger partial charge in [-0.2, -0.15) is 5.10 Å². The molecule has 0 atom stereocenters. The van der Waals surface area contributed by atoms with Crippen LogP contribution in [0.3, 0.4) is 0 Å². The molecule has 4 aromatic rings. The maximum Gasteiger partial charge on any atom is 0.123 e. The first-order chi connectivity index (χ1) is 10.7. The first-order valence-corrected chi connectivity index (χ1v) is 6.97. The number of nitrogens with zero attached hydrogens (tertiary/aromatic N) is 2. The number of benzene rings is 2. The van der Waals surface area contributed by atoms with Gasteiger partial charge in [-0.05, 0) is 37.3 Å². The molecule has 4 rings (SSSR count). The standard InChI is InChI=1S/C17H13FN4/c1-10-20-16(11-4-6-14(18)7-5-11)17(21-10)12-2-3-13-9-19-22-15(13)8-12/h2-9H,1H3,(H,19,22)(H,20,21). The Balaban J connectivity index is 1.89. The van der Waals surface area contributed by atoms with Crippen LogP contribution in [0.2, 0.25) is 0 Å². The third kappa shape index (κ3) is 2.07. The first kappa shape index (κ1) is 12.8. The molecule has 2 N–H and O–H groups in total. The van der Waals surface area contributed by atoms with E-state index in [0.29, 0.717) is 0 Å². The third-order valence-corrected chi connectivity index (χ3v) is 3.67. The molecule has 0 aliphatic carbocycles. The highest BCUT2D eigenvalue weighted by Gasteiger charge is 2.13. The van der Waals surface area contributed by atoms with Crippen molar-refractivity contribution in [1.29, 1.82) is 0 Å². The third-order valence-electron chi connectivity index (χ3n) is 3.67. The zero-order valence-corrected chi connectivity index (χ0v) is 11.9. The van der Waals surface area contributed by atoms with E-state index in [-0.39, 0.29) is 5.82 Å². The monoisotopic (exact) mass is 292 g/mol. The van der Waals surface area contributed by atoms with Gasteiger partial charge in [-0.3, -0.25) is 5.10 Å². The lowest BCUT2D eigenvalue weighted by atomic mass is 10.0. The summed E-state index contributed by atoms with van der Waals surface area (Å²) in [6.07, 6.45) is 1.79. The van der Waals surface area contributed by atoms with E-state index in [9.17, 15) is 4.39 Å². The number of nitrogens with one attached hydrogen (secondary N) is 2. The maximum atomic E-state index is 13.1. The summed E-state index contributed by atoms with van der Waals surface area (Å²) < 4.78 is 13.1. The highest BCUT2D eigenvalue weighted by atomic mass is 19.1. The molecule has 0 aliphatic heterocycles. The lowest BCUT2D eigenvalue weighted by Gasteiger charge is -2.04. The Morgan fingerprint density at radius 1 is 1.00 bits per heavy atom. The average Bonchev–Trinajstić information content (AvgIpc) is 3.13. The Bertz CT molecular complexity index is 950. The molecule has 4 nitrogen and oxygen atoms in total. The van der Waals surface area contributed by atoms with Crippen molar-refractivity contribution in [3.63, 3.8) is 0 Å². The van der Waals surface area contributed by atoms with Crippen LogP contribution in [0.15, 0.2) is 48.7 Å². The highest BCUT2D eigenvalue weighted by Crippen LogP contribution is 2.31. The summed E-state index contributed by atoms with van der Waals surface area (Å²) in [6, 6.07) is 12.4. The van der Waals surface area contributed by atoms with Crippen LogP contribution in [-0.2, 0) is 0 Å². The van der Waals surface area contributed by atoms with Crippen LogP contribution in [-0.4, -0.2) is 20.2 Å². The number of aromatic amines is 2. The van der Waals surface area contributed by atoms with Gasteiger partial charge in [0.15, 0.2) is 0 Å². The summed E-state index contributed by atoms with van der Waals surface area (Å²) >= 11 is 0. The number of fused-ring (bicyclic) bond motifs is 1. The van der Waals surface area contributed by atoms with Gasteiger partial charge in [-0.25, -0.2) is 9.37 Å². The van der Waals surface area contributed by atoms with Gasteiger partial charge in [-0.15, -0.1) is 0 Å². The minimum absolute atomic E-state index is 0.253. The summed E-state index contributed by atoms with van der Waals surface area (Å²) in [7, 11) is 0. The summed E-state index contributed by atoms with van der Waals surface area (Å²) in [5, 5.41) is 8.07. The van der Waals surface area contributed by atoms with E-state index in [0.717, 1.165) is 39.2 Å². The molecule has 0 saturated carbocycles. The fraction of sp³-hybridized carbons (Fsp3) is 0.0588. The van der Waals surface area contributed by atoms with Crippen LogP contribution in [0.1, 0.15) is 5.82 Å². The Morgan fingerprint density at radius 3 is 2.59 bits per heavy atom. The quantitative estimate of drug-likeness (QED) is 0.585. The van der Waals surface area contributed by atoms with Gasteiger partial charge in [-0.1, -0.05) is 12.1 Å². The van der Waals surface area contributed by atoms with E-state index in [1.165, 1.54) is 12.1 Å². The predicted octanol–water partition coefficient (Wildman–Crippen LogP) is 4.07. The molecule has 22 heavy (non-hydrogen) atoms. The molecule has 0 amide bonds.